The molecule has 5 heteroatoms. The molecule has 3 aromatic rings. The van der Waals surface area contributed by atoms with Crippen LogP contribution in [0.4, 0.5) is 0 Å². The van der Waals surface area contributed by atoms with Crippen LogP contribution in [0.2, 0.25) is 0 Å². The topological polar surface area (TPSA) is 63.1 Å². The highest BCUT2D eigenvalue weighted by molar-refractivity contribution is 5.91. The lowest BCUT2D eigenvalue weighted by molar-refractivity contribution is -0.514. The third kappa shape index (κ3) is 2.28. The fourth-order valence-electron chi connectivity index (χ4n) is 5.67. The number of hydrogen-bond donors (Lipinski definition) is 2. The van der Waals surface area contributed by atoms with Gasteiger partial charge in [-0.2, -0.15) is 4.40 Å². The zero-order chi connectivity index (χ0) is 19.5. The van der Waals surface area contributed by atoms with Crippen molar-refractivity contribution in [3.63, 3.8) is 0 Å². The maximum absolute atomic E-state index is 13.3. The normalized spacial score (nSPS) is 28.0. The molecule has 0 saturated heterocycles. The van der Waals surface area contributed by atoms with Gasteiger partial charge in [-0.05, 0) is 48.1 Å². The molecule has 28 heavy (non-hydrogen) atoms. The number of aromatic amines is 2. The molecule has 0 aromatic carbocycles. The number of carbonyl (C=O) groups excluding carboxylic acids is 1. The number of hydrogen-bond acceptors (Lipinski definition) is 1. The number of H-pyrrole nitrogens is 2. The molecule has 0 spiro atoms. The summed E-state index contributed by atoms with van der Waals surface area (Å²) in [6, 6.07) is 10.3. The summed E-state index contributed by atoms with van der Waals surface area (Å²) in [5.41, 5.74) is 3.45. The average Bonchev–Trinajstić information content (AvgIpc) is 3.25. The van der Waals surface area contributed by atoms with Gasteiger partial charge in [0.15, 0.2) is 23.6 Å². The molecule has 0 radical (unpaired) electrons. The van der Waals surface area contributed by atoms with Crippen molar-refractivity contribution in [2.45, 2.75) is 46.1 Å². The number of fused-ring (bicyclic) bond motifs is 3. The molecule has 144 valence electrons. The first-order valence-electron chi connectivity index (χ1n) is 10.2. The van der Waals surface area contributed by atoms with Crippen LogP contribution < -0.4 is 14.7 Å². The van der Waals surface area contributed by atoms with Crippen LogP contribution in [-0.4, -0.2) is 16.9 Å². The molecular formula is C23H28N4O+2. The molecule has 0 aliphatic heterocycles. The number of imidazole rings is 1. The van der Waals surface area contributed by atoms with Crippen LogP contribution in [0.3, 0.4) is 0 Å². The third-order valence-electron chi connectivity index (χ3n) is 7.92. The van der Waals surface area contributed by atoms with E-state index in [9.17, 15) is 4.79 Å². The summed E-state index contributed by atoms with van der Waals surface area (Å²) >= 11 is 0. The molecule has 2 aliphatic carbocycles. The lowest BCUT2D eigenvalue weighted by Crippen LogP contribution is -2.48. The molecule has 3 atom stereocenters. The standard InChI is InChI=1S/C23H26N4O/c1-22(2)16-7-10-23(22,3)18(14-16)25-21(28)20-26-19(15-8-11-24-12-9-15)17-6-4-5-13-27(17)20/h4-6,8-9,11-13,16,18H,7,10,14H2,1-3H3,(H,25,28)/p+2/t16?,18-,23-/m0/s1. The van der Waals surface area contributed by atoms with Gasteiger partial charge < -0.3 is 5.32 Å². The van der Waals surface area contributed by atoms with Crippen LogP contribution in [-0.2, 0) is 0 Å². The molecule has 2 bridgehead atoms. The number of pyridine rings is 2. The van der Waals surface area contributed by atoms with Crippen molar-refractivity contribution < 1.29 is 14.2 Å². The Balaban J connectivity index is 1.51. The second-order valence-electron chi connectivity index (χ2n) is 9.23. The Morgan fingerprint density at radius 3 is 2.68 bits per heavy atom. The van der Waals surface area contributed by atoms with Crippen LogP contribution in [0.15, 0.2) is 48.9 Å². The van der Waals surface area contributed by atoms with E-state index in [0.717, 1.165) is 23.2 Å². The summed E-state index contributed by atoms with van der Waals surface area (Å²) < 4.78 is 1.96. The summed E-state index contributed by atoms with van der Waals surface area (Å²) in [5.74, 6) is 1.26. The van der Waals surface area contributed by atoms with Crippen molar-refractivity contribution in [1.82, 2.24) is 10.3 Å². The number of amides is 1. The van der Waals surface area contributed by atoms with Gasteiger partial charge >= 0.3 is 11.7 Å². The lowest BCUT2D eigenvalue weighted by Gasteiger charge is -2.39. The van der Waals surface area contributed by atoms with E-state index >= 15 is 0 Å². The monoisotopic (exact) mass is 376 g/mol. The van der Waals surface area contributed by atoms with Crippen molar-refractivity contribution in [2.24, 2.45) is 16.7 Å². The first-order chi connectivity index (χ1) is 13.4. The molecule has 1 amide bonds. The van der Waals surface area contributed by atoms with Gasteiger partial charge in [0.2, 0.25) is 0 Å². The van der Waals surface area contributed by atoms with E-state index in [0.29, 0.717) is 11.7 Å². The number of aromatic nitrogens is 3. The highest BCUT2D eigenvalue weighted by Crippen LogP contribution is 2.65. The predicted molar refractivity (Wildman–Crippen MR) is 106 cm³/mol. The van der Waals surface area contributed by atoms with E-state index in [2.05, 4.69) is 36.1 Å². The van der Waals surface area contributed by atoms with Gasteiger partial charge in [-0.15, -0.1) is 0 Å². The van der Waals surface area contributed by atoms with Gasteiger partial charge in [-0.3, -0.25) is 4.79 Å². The van der Waals surface area contributed by atoms with Crippen molar-refractivity contribution in [3.8, 4) is 11.3 Å². The largest absolute Gasteiger partial charge is 0.351 e. The number of rotatable bonds is 3. The van der Waals surface area contributed by atoms with Crippen molar-refractivity contribution >= 4 is 11.4 Å². The summed E-state index contributed by atoms with van der Waals surface area (Å²) in [5, 5.41) is 3.38. The third-order valence-corrected chi connectivity index (χ3v) is 7.92. The maximum atomic E-state index is 13.3. The van der Waals surface area contributed by atoms with E-state index in [-0.39, 0.29) is 22.8 Å². The minimum atomic E-state index is -0.0236. The zero-order valence-electron chi connectivity index (χ0n) is 16.8. The van der Waals surface area contributed by atoms with E-state index in [4.69, 9.17) is 0 Å². The average molecular weight is 377 g/mol. The minimum Gasteiger partial charge on any atom is -0.342 e. The van der Waals surface area contributed by atoms with E-state index in [1.807, 2.05) is 53.3 Å². The van der Waals surface area contributed by atoms with Crippen LogP contribution in [0.25, 0.3) is 16.8 Å². The molecule has 3 heterocycles. The number of nitrogens with one attached hydrogen (secondary N) is 3. The Bertz CT molecular complexity index is 1050. The summed E-state index contributed by atoms with van der Waals surface area (Å²) in [4.78, 5) is 19.8. The molecular weight excluding hydrogens is 348 g/mol. The van der Waals surface area contributed by atoms with Crippen molar-refractivity contribution in [1.29, 1.82) is 0 Å². The molecule has 2 saturated carbocycles. The predicted octanol–water partition coefficient (Wildman–Crippen LogP) is 3.18. The fourth-order valence-corrected chi connectivity index (χ4v) is 5.67. The van der Waals surface area contributed by atoms with Gasteiger partial charge in [0.05, 0.1) is 6.20 Å². The Hall–Kier alpha value is -2.69. The Kier molecular flexibility index (Phi) is 3.67. The molecule has 5 rings (SSSR count). The molecule has 3 aromatic heterocycles. The van der Waals surface area contributed by atoms with Crippen molar-refractivity contribution in [2.75, 3.05) is 0 Å². The summed E-state index contributed by atoms with van der Waals surface area (Å²) in [6.45, 7) is 7.11. The molecule has 2 aliphatic rings. The Labute approximate surface area is 165 Å². The highest BCUT2D eigenvalue weighted by atomic mass is 16.2. The van der Waals surface area contributed by atoms with Crippen LogP contribution in [0.1, 0.15) is 50.7 Å². The second kappa shape index (κ2) is 5.90. The van der Waals surface area contributed by atoms with E-state index in [1.165, 1.54) is 12.8 Å². The van der Waals surface area contributed by atoms with Crippen LogP contribution in [0.5, 0.6) is 0 Å². The molecule has 1 unspecified atom stereocenters. The van der Waals surface area contributed by atoms with Gasteiger partial charge in [0.1, 0.15) is 0 Å². The highest BCUT2D eigenvalue weighted by Gasteiger charge is 2.61. The first kappa shape index (κ1) is 17.4. The van der Waals surface area contributed by atoms with Crippen LogP contribution in [0, 0.1) is 16.7 Å². The minimum absolute atomic E-state index is 0.0236. The van der Waals surface area contributed by atoms with Gasteiger partial charge in [0, 0.05) is 23.7 Å². The second-order valence-corrected chi connectivity index (χ2v) is 9.23. The number of carbonyl (C=O) groups is 1. The van der Waals surface area contributed by atoms with Gasteiger partial charge in [0.25, 0.3) is 0 Å². The quantitative estimate of drug-likeness (QED) is 0.678. The van der Waals surface area contributed by atoms with Gasteiger partial charge in [-0.25, -0.2) is 9.97 Å². The molecule has 3 N–H and O–H groups in total. The zero-order valence-corrected chi connectivity index (χ0v) is 16.8. The van der Waals surface area contributed by atoms with E-state index < -0.39 is 0 Å². The van der Waals surface area contributed by atoms with Gasteiger partial charge in [-0.1, -0.05) is 26.8 Å². The molecule has 2 fully saturated rings. The SMILES string of the molecule is CC1(C)C2CC[C@@]1(C)[C@@H](NC(=O)c1[nH]c(-c3cc[nH+]cc3)c3cccc[n+]13)C2. The Morgan fingerprint density at radius 2 is 2.00 bits per heavy atom. The van der Waals surface area contributed by atoms with Crippen LogP contribution >= 0.6 is 0 Å². The maximum Gasteiger partial charge on any atom is 0.351 e. The fraction of sp³-hybridized carbons (Fsp3) is 0.435. The number of nitrogens with zero attached hydrogens (tertiary/aromatic N) is 1. The smallest absolute Gasteiger partial charge is 0.342 e. The van der Waals surface area contributed by atoms with E-state index in [1.54, 1.807) is 0 Å². The van der Waals surface area contributed by atoms with Crippen molar-refractivity contribution in [3.05, 3.63) is 54.7 Å². The first-order valence-corrected chi connectivity index (χ1v) is 10.2. The molecule has 5 nitrogen and oxygen atoms in total. The lowest BCUT2D eigenvalue weighted by atomic mass is 9.69. The summed E-state index contributed by atoms with van der Waals surface area (Å²) in [6.07, 6.45) is 9.30. The summed E-state index contributed by atoms with van der Waals surface area (Å²) in [7, 11) is 0. The Morgan fingerprint density at radius 1 is 1.21 bits per heavy atom.